The average Bonchev–Trinajstić information content (AvgIpc) is 3.67. The normalized spacial score (nSPS) is 23.7. The maximum Gasteiger partial charge on any atom is 0.309 e. The van der Waals surface area contributed by atoms with E-state index in [2.05, 4.69) is 34.6 Å². The van der Waals surface area contributed by atoms with Gasteiger partial charge in [-0.15, -0.1) is 0 Å². The predicted molar refractivity (Wildman–Crippen MR) is 139 cm³/mol. The number of pyridine rings is 2. The first-order valence-electron chi connectivity index (χ1n) is 12.6. The lowest BCUT2D eigenvalue weighted by Crippen LogP contribution is -2.67. The highest BCUT2D eigenvalue weighted by Crippen LogP contribution is 2.73. The molecule has 2 aromatic carbocycles. The summed E-state index contributed by atoms with van der Waals surface area (Å²) in [5.74, 6) is -1.02. The highest BCUT2D eigenvalue weighted by atomic mass is 16.4. The van der Waals surface area contributed by atoms with Crippen LogP contribution in [0.1, 0.15) is 48.0 Å². The summed E-state index contributed by atoms with van der Waals surface area (Å²) in [4.78, 5) is 41.9. The Hall–Kier alpha value is -4.26. The molecule has 4 aliphatic carbocycles. The number of carbonyl (C=O) groups excluding carboxylic acids is 1. The number of hydrogen-bond acceptors (Lipinski definition) is 4. The largest absolute Gasteiger partial charge is 0.481 e. The lowest BCUT2D eigenvalue weighted by Gasteiger charge is -2.68. The Morgan fingerprint density at radius 3 is 2.43 bits per heavy atom. The maximum atomic E-state index is 13.1. The van der Waals surface area contributed by atoms with Gasteiger partial charge in [-0.1, -0.05) is 36.4 Å². The van der Waals surface area contributed by atoms with Gasteiger partial charge in [0, 0.05) is 24.1 Å². The summed E-state index contributed by atoms with van der Waals surface area (Å²) in [6.45, 7) is 0. The number of amides is 1. The Balaban J connectivity index is 1.24. The topological polar surface area (TPSA) is 101 Å². The second-order valence-electron chi connectivity index (χ2n) is 10.9. The molecule has 4 aliphatic rings. The van der Waals surface area contributed by atoms with E-state index < -0.39 is 11.4 Å². The molecule has 4 fully saturated rings. The number of fused-ring (bicyclic) bond motifs is 1. The minimum Gasteiger partial charge on any atom is -0.481 e. The molecule has 0 saturated heterocycles. The molecule has 0 spiro atoms. The number of carbonyl (C=O) groups is 2. The van der Waals surface area contributed by atoms with E-state index in [1.807, 2.05) is 28.8 Å². The van der Waals surface area contributed by atoms with E-state index in [1.165, 1.54) is 5.56 Å². The summed E-state index contributed by atoms with van der Waals surface area (Å²) >= 11 is 0. The molecule has 0 atom stereocenters. The van der Waals surface area contributed by atoms with Crippen molar-refractivity contribution in [1.29, 1.82) is 0 Å². The van der Waals surface area contributed by atoms with Gasteiger partial charge in [0.25, 0.3) is 5.91 Å². The van der Waals surface area contributed by atoms with Gasteiger partial charge in [0.1, 0.15) is 11.2 Å². The summed E-state index contributed by atoms with van der Waals surface area (Å²) in [5.41, 5.74) is 3.86. The Kier molecular flexibility index (Phi) is 4.53. The van der Waals surface area contributed by atoms with E-state index in [4.69, 9.17) is 0 Å². The number of aromatic nitrogens is 2. The van der Waals surface area contributed by atoms with E-state index >= 15 is 0 Å². The van der Waals surface area contributed by atoms with Crippen LogP contribution in [0.4, 0.5) is 0 Å². The van der Waals surface area contributed by atoms with E-state index in [0.717, 1.165) is 48.9 Å². The van der Waals surface area contributed by atoms with Crippen LogP contribution < -0.4 is 10.7 Å². The van der Waals surface area contributed by atoms with Crippen molar-refractivity contribution in [3.8, 4) is 16.8 Å². The Bertz CT molecular complexity index is 1650. The highest BCUT2D eigenvalue weighted by molar-refractivity contribution is 5.97. The van der Waals surface area contributed by atoms with E-state index in [-0.39, 0.29) is 28.4 Å². The molecule has 184 valence electrons. The van der Waals surface area contributed by atoms with Gasteiger partial charge in [-0.05, 0) is 78.5 Å². The molecule has 0 unspecified atom stereocenters. The Morgan fingerprint density at radius 2 is 1.73 bits per heavy atom. The quantitative estimate of drug-likeness (QED) is 0.415. The van der Waals surface area contributed by atoms with Gasteiger partial charge in [0.15, 0.2) is 0 Å². The minimum absolute atomic E-state index is 0.0245. The van der Waals surface area contributed by atoms with Crippen molar-refractivity contribution in [3.05, 3.63) is 94.4 Å². The number of nitrogens with one attached hydrogen (secondary N) is 1. The van der Waals surface area contributed by atoms with Gasteiger partial charge >= 0.3 is 5.97 Å². The first-order valence-corrected chi connectivity index (χ1v) is 12.6. The van der Waals surface area contributed by atoms with Crippen LogP contribution in [-0.2, 0) is 10.2 Å². The standard InChI is InChI=1S/C30H25N3O4/c34-25-23-5-2-12-31-26(23)33(14-24(25)27(35)32-21-10-11-21)22-4-1-3-19(13-22)18-6-8-20(9-7-18)29-15-30(16-29,17-29)28(36)37/h1-9,12-14,21H,10-11,15-17H2,(H,32,35)(H,36,37). The average molecular weight is 492 g/mol. The summed E-state index contributed by atoms with van der Waals surface area (Å²) < 4.78 is 1.81. The minimum atomic E-state index is -0.666. The number of carboxylic acid groups (broad SMARTS) is 1. The predicted octanol–water partition coefficient (Wildman–Crippen LogP) is 4.45. The molecular formula is C30H25N3O4. The molecule has 7 heteroatoms. The number of nitrogens with zero attached hydrogens (tertiary/aromatic N) is 2. The Labute approximate surface area is 212 Å². The van der Waals surface area contributed by atoms with Crippen LogP contribution in [0.25, 0.3) is 27.8 Å². The van der Waals surface area contributed by atoms with Crippen molar-refractivity contribution in [3.63, 3.8) is 0 Å². The van der Waals surface area contributed by atoms with Crippen LogP contribution in [0.2, 0.25) is 0 Å². The number of rotatable bonds is 6. The van der Waals surface area contributed by atoms with Gasteiger partial charge in [0.05, 0.1) is 10.8 Å². The molecular weight excluding hydrogens is 466 g/mol. The van der Waals surface area contributed by atoms with Crippen LogP contribution in [0.5, 0.6) is 0 Å². The fourth-order valence-corrected chi connectivity index (χ4v) is 6.18. The third-order valence-electron chi connectivity index (χ3n) is 8.36. The van der Waals surface area contributed by atoms with Crippen molar-refractivity contribution in [2.45, 2.75) is 43.6 Å². The number of aliphatic carboxylic acids is 1. The van der Waals surface area contributed by atoms with E-state index in [0.29, 0.717) is 11.0 Å². The molecule has 2 heterocycles. The van der Waals surface area contributed by atoms with E-state index in [9.17, 15) is 19.5 Å². The highest BCUT2D eigenvalue weighted by Gasteiger charge is 2.72. The molecule has 2 bridgehead atoms. The Morgan fingerprint density at radius 1 is 0.973 bits per heavy atom. The van der Waals surface area contributed by atoms with Gasteiger partial charge in [-0.2, -0.15) is 0 Å². The van der Waals surface area contributed by atoms with Crippen LogP contribution >= 0.6 is 0 Å². The number of carboxylic acids is 1. The molecule has 4 saturated carbocycles. The fraction of sp³-hybridized carbons (Fsp3) is 0.267. The molecule has 2 aromatic heterocycles. The monoisotopic (exact) mass is 491 g/mol. The van der Waals surface area contributed by atoms with Gasteiger partial charge < -0.3 is 15.0 Å². The summed E-state index contributed by atoms with van der Waals surface area (Å²) in [6, 6.07) is 19.9. The zero-order valence-corrected chi connectivity index (χ0v) is 20.1. The maximum absolute atomic E-state index is 13.1. The first kappa shape index (κ1) is 22.0. The molecule has 2 N–H and O–H groups in total. The van der Waals surface area contributed by atoms with E-state index in [1.54, 1.807) is 24.5 Å². The van der Waals surface area contributed by atoms with Crippen LogP contribution in [0.15, 0.2) is 77.9 Å². The van der Waals surface area contributed by atoms with Gasteiger partial charge in [-0.3, -0.25) is 14.4 Å². The molecule has 7 nitrogen and oxygen atoms in total. The van der Waals surface area contributed by atoms with Crippen molar-refractivity contribution in [1.82, 2.24) is 14.9 Å². The second kappa shape index (κ2) is 7.62. The van der Waals surface area contributed by atoms with Gasteiger partial charge in [-0.25, -0.2) is 4.98 Å². The van der Waals surface area contributed by atoms with Crippen molar-refractivity contribution in [2.24, 2.45) is 5.41 Å². The third kappa shape index (κ3) is 3.34. The second-order valence-corrected chi connectivity index (χ2v) is 10.9. The lowest BCUT2D eigenvalue weighted by molar-refractivity contribution is -0.194. The molecule has 1 amide bonds. The van der Waals surface area contributed by atoms with Crippen molar-refractivity contribution in [2.75, 3.05) is 0 Å². The SMILES string of the molecule is O=C(NC1CC1)c1cn(-c2cccc(-c3ccc(C45CC(C(=O)O)(C4)C5)cc3)c2)c2ncccc2c1=O. The van der Waals surface area contributed by atoms with Crippen LogP contribution in [0, 0.1) is 5.41 Å². The molecule has 0 aliphatic heterocycles. The molecule has 0 radical (unpaired) electrons. The fourth-order valence-electron chi connectivity index (χ4n) is 6.18. The van der Waals surface area contributed by atoms with Crippen LogP contribution in [-0.4, -0.2) is 32.6 Å². The molecule has 37 heavy (non-hydrogen) atoms. The van der Waals surface area contributed by atoms with Crippen LogP contribution in [0.3, 0.4) is 0 Å². The van der Waals surface area contributed by atoms with Crippen molar-refractivity contribution < 1.29 is 14.7 Å². The summed E-state index contributed by atoms with van der Waals surface area (Å²) in [5, 5.41) is 12.8. The smallest absolute Gasteiger partial charge is 0.309 e. The summed E-state index contributed by atoms with van der Waals surface area (Å²) in [6.07, 6.45) is 7.31. The summed E-state index contributed by atoms with van der Waals surface area (Å²) in [7, 11) is 0. The molecule has 8 rings (SSSR count). The lowest BCUT2D eigenvalue weighted by atomic mass is 9.33. The zero-order valence-electron chi connectivity index (χ0n) is 20.1. The number of benzene rings is 2. The first-order chi connectivity index (χ1) is 17.9. The molecule has 4 aromatic rings. The van der Waals surface area contributed by atoms with Gasteiger partial charge in [0.2, 0.25) is 5.43 Å². The zero-order chi connectivity index (χ0) is 25.4. The van der Waals surface area contributed by atoms with Crippen molar-refractivity contribution >= 4 is 22.9 Å². The third-order valence-corrected chi connectivity index (χ3v) is 8.36. The number of hydrogen-bond donors (Lipinski definition) is 2.